The summed E-state index contributed by atoms with van der Waals surface area (Å²) in [6.07, 6.45) is 2.64. The lowest BCUT2D eigenvalue weighted by atomic mass is 10.2. The van der Waals surface area contributed by atoms with Crippen molar-refractivity contribution in [1.29, 1.82) is 0 Å². The number of aromatic nitrogens is 1. The summed E-state index contributed by atoms with van der Waals surface area (Å²) < 4.78 is 5.14. The lowest BCUT2D eigenvalue weighted by molar-refractivity contribution is 0.0527. The Morgan fingerprint density at radius 1 is 1.30 bits per heavy atom. The highest BCUT2D eigenvalue weighted by atomic mass is 32.1. The van der Waals surface area contributed by atoms with E-state index in [4.69, 9.17) is 10.5 Å². The van der Waals surface area contributed by atoms with E-state index in [0.717, 1.165) is 12.8 Å². The fraction of sp³-hybridized carbons (Fsp3) is 0.533. The molecule has 0 bridgehead atoms. The topological polar surface area (TPSA) is 106 Å². The number of hydrogen-bond donors (Lipinski definition) is 4. The molecule has 0 atom stereocenters. The van der Waals surface area contributed by atoms with Gasteiger partial charge in [0.15, 0.2) is 0 Å². The summed E-state index contributed by atoms with van der Waals surface area (Å²) in [5, 5.41) is 5.82. The van der Waals surface area contributed by atoms with Crippen molar-refractivity contribution in [3.05, 3.63) is 17.8 Å². The number of unbranched alkanes of at least 4 members (excludes halogenated alkanes) is 1. The van der Waals surface area contributed by atoms with Gasteiger partial charge < -0.3 is 21.1 Å². The molecule has 0 unspecified atom stereocenters. The van der Waals surface area contributed by atoms with Crippen LogP contribution in [0.2, 0.25) is 0 Å². The molecule has 1 aromatic rings. The number of hydrogen-bond acceptors (Lipinski definition) is 6. The predicted molar refractivity (Wildman–Crippen MR) is 92.0 cm³/mol. The Balaban J connectivity index is 2.23. The maximum atomic E-state index is 11.4. The highest BCUT2D eigenvalue weighted by Gasteiger charge is 2.15. The van der Waals surface area contributed by atoms with Gasteiger partial charge in [0.25, 0.3) is 0 Å². The average molecular weight is 340 g/mol. The number of carbonyl (C=O) groups is 2. The molecule has 0 spiro atoms. The van der Waals surface area contributed by atoms with Gasteiger partial charge in [0, 0.05) is 24.2 Å². The van der Waals surface area contributed by atoms with Gasteiger partial charge >= 0.3 is 6.09 Å². The molecule has 1 heterocycles. The van der Waals surface area contributed by atoms with Crippen LogP contribution in [0.15, 0.2) is 17.2 Å². The van der Waals surface area contributed by atoms with Crippen LogP contribution in [-0.4, -0.2) is 35.7 Å². The minimum absolute atomic E-state index is 0.321. The van der Waals surface area contributed by atoms with Crippen molar-refractivity contribution in [2.75, 3.05) is 18.4 Å². The first kappa shape index (κ1) is 19.1. The largest absolute Gasteiger partial charge is 0.444 e. The molecular weight excluding hydrogens is 316 g/mol. The number of nitrogens with two attached hydrogens (primary N) is 1. The van der Waals surface area contributed by atoms with Gasteiger partial charge in [-0.25, -0.2) is 9.78 Å². The number of anilines is 1. The quantitative estimate of drug-likeness (QED) is 0.450. The van der Waals surface area contributed by atoms with E-state index in [1.165, 1.54) is 6.20 Å². The second-order valence-electron chi connectivity index (χ2n) is 6.02. The smallest absolute Gasteiger partial charge is 0.407 e. The van der Waals surface area contributed by atoms with Gasteiger partial charge in [-0.05, 0) is 39.7 Å². The highest BCUT2D eigenvalue weighted by molar-refractivity contribution is 7.80. The number of alkyl carbamates (subject to hydrolysis) is 1. The summed E-state index contributed by atoms with van der Waals surface area (Å²) in [7, 11) is 0. The third-order valence-electron chi connectivity index (χ3n) is 2.72. The van der Waals surface area contributed by atoms with Gasteiger partial charge in [0.05, 0.1) is 5.56 Å². The van der Waals surface area contributed by atoms with E-state index in [1.54, 1.807) is 6.07 Å². The molecule has 0 aliphatic heterocycles. The molecule has 0 fully saturated rings. The molecule has 7 nitrogen and oxygen atoms in total. The van der Waals surface area contributed by atoms with Crippen LogP contribution in [0, 0.1) is 0 Å². The number of nitrogens with zero attached hydrogens (tertiary/aromatic N) is 1. The minimum Gasteiger partial charge on any atom is -0.444 e. The van der Waals surface area contributed by atoms with Crippen molar-refractivity contribution in [2.24, 2.45) is 5.73 Å². The van der Waals surface area contributed by atoms with Crippen LogP contribution >= 0.6 is 12.6 Å². The molecule has 0 saturated carbocycles. The molecule has 4 N–H and O–H groups in total. The van der Waals surface area contributed by atoms with Gasteiger partial charge in [0.1, 0.15) is 11.4 Å². The Hall–Kier alpha value is -1.96. The third kappa shape index (κ3) is 7.73. The van der Waals surface area contributed by atoms with Crippen LogP contribution in [0.1, 0.15) is 44.0 Å². The van der Waals surface area contributed by atoms with Crippen LogP contribution in [0.5, 0.6) is 0 Å². The van der Waals surface area contributed by atoms with Crippen LogP contribution in [0.3, 0.4) is 0 Å². The van der Waals surface area contributed by atoms with Crippen molar-refractivity contribution in [3.8, 4) is 0 Å². The van der Waals surface area contributed by atoms with Gasteiger partial charge in [0.2, 0.25) is 5.91 Å². The van der Waals surface area contributed by atoms with E-state index in [0.29, 0.717) is 29.4 Å². The first-order valence-electron chi connectivity index (χ1n) is 7.38. The molecule has 0 aromatic carbocycles. The number of thiol groups is 1. The summed E-state index contributed by atoms with van der Waals surface area (Å²) in [6, 6.07) is 1.57. The number of primary amides is 1. The molecule has 1 rings (SSSR count). The Bertz CT molecular complexity index is 558. The standard InChI is InChI=1S/C15H24N4O3S/c1-15(2,3)22-14(21)18-7-5-4-6-17-13-11(23)8-10(9-19-13)12(16)20/h8-9,23H,4-7H2,1-3H3,(H2,16,20)(H,17,19)(H,18,21). The Labute approximate surface area is 141 Å². The van der Waals surface area contributed by atoms with Gasteiger partial charge in [-0.15, -0.1) is 12.6 Å². The summed E-state index contributed by atoms with van der Waals surface area (Å²) in [5.41, 5.74) is 5.01. The van der Waals surface area contributed by atoms with Gasteiger partial charge in [-0.1, -0.05) is 0 Å². The zero-order chi connectivity index (χ0) is 17.5. The number of pyridine rings is 1. The van der Waals surface area contributed by atoms with Crippen molar-refractivity contribution in [3.63, 3.8) is 0 Å². The molecule has 128 valence electrons. The van der Waals surface area contributed by atoms with Crippen molar-refractivity contribution >= 4 is 30.4 Å². The number of ether oxygens (including phenoxy) is 1. The zero-order valence-electron chi connectivity index (χ0n) is 13.7. The van der Waals surface area contributed by atoms with Gasteiger partial charge in [-0.3, -0.25) is 4.79 Å². The lowest BCUT2D eigenvalue weighted by Crippen LogP contribution is -2.33. The van der Waals surface area contributed by atoms with Crippen LogP contribution < -0.4 is 16.4 Å². The minimum atomic E-state index is -0.535. The van der Waals surface area contributed by atoms with E-state index >= 15 is 0 Å². The number of amides is 2. The fourth-order valence-electron chi connectivity index (χ4n) is 1.69. The molecule has 0 radical (unpaired) electrons. The molecule has 0 aliphatic carbocycles. The molecule has 0 saturated heterocycles. The summed E-state index contributed by atoms with van der Waals surface area (Å²) >= 11 is 4.27. The third-order valence-corrected chi connectivity index (χ3v) is 3.06. The van der Waals surface area contributed by atoms with Crippen molar-refractivity contribution in [2.45, 2.75) is 44.1 Å². The zero-order valence-corrected chi connectivity index (χ0v) is 14.6. The number of nitrogens with one attached hydrogen (secondary N) is 2. The van der Waals surface area contributed by atoms with E-state index in [2.05, 4.69) is 28.2 Å². The van der Waals surface area contributed by atoms with Crippen molar-refractivity contribution in [1.82, 2.24) is 10.3 Å². The molecular formula is C15H24N4O3S. The van der Waals surface area contributed by atoms with Crippen LogP contribution in [0.4, 0.5) is 10.6 Å². The average Bonchev–Trinajstić information content (AvgIpc) is 2.41. The maximum absolute atomic E-state index is 11.4. The van der Waals surface area contributed by atoms with E-state index in [9.17, 15) is 9.59 Å². The number of carbonyl (C=O) groups excluding carboxylic acids is 2. The molecule has 1 aromatic heterocycles. The molecule has 8 heteroatoms. The number of rotatable bonds is 7. The SMILES string of the molecule is CC(C)(C)OC(=O)NCCCCNc1ncc(C(N)=O)cc1S. The molecule has 23 heavy (non-hydrogen) atoms. The van der Waals surface area contributed by atoms with E-state index in [1.807, 2.05) is 20.8 Å². The second kappa shape index (κ2) is 8.61. The summed E-state index contributed by atoms with van der Waals surface area (Å²) in [4.78, 5) is 27.1. The first-order chi connectivity index (χ1) is 10.7. The molecule has 2 amide bonds. The van der Waals surface area contributed by atoms with E-state index in [-0.39, 0.29) is 0 Å². The summed E-state index contributed by atoms with van der Waals surface area (Å²) in [6.45, 7) is 6.68. The monoisotopic (exact) mass is 340 g/mol. The summed E-state index contributed by atoms with van der Waals surface area (Å²) in [5.74, 6) is 0.0611. The van der Waals surface area contributed by atoms with Crippen molar-refractivity contribution < 1.29 is 14.3 Å². The predicted octanol–water partition coefficient (Wildman–Crippen LogP) is 2.19. The first-order valence-corrected chi connectivity index (χ1v) is 7.83. The highest BCUT2D eigenvalue weighted by Crippen LogP contribution is 2.17. The van der Waals surface area contributed by atoms with E-state index < -0.39 is 17.6 Å². The Morgan fingerprint density at radius 3 is 2.52 bits per heavy atom. The Kier molecular flexibility index (Phi) is 7.15. The lowest BCUT2D eigenvalue weighted by Gasteiger charge is -2.19. The van der Waals surface area contributed by atoms with Crippen LogP contribution in [-0.2, 0) is 4.74 Å². The Morgan fingerprint density at radius 2 is 1.96 bits per heavy atom. The second-order valence-corrected chi connectivity index (χ2v) is 6.50. The van der Waals surface area contributed by atoms with Crippen LogP contribution in [0.25, 0.3) is 0 Å². The maximum Gasteiger partial charge on any atom is 0.407 e. The fourth-order valence-corrected chi connectivity index (χ4v) is 1.96. The normalized spacial score (nSPS) is 11.0. The van der Waals surface area contributed by atoms with Gasteiger partial charge in [-0.2, -0.15) is 0 Å². The molecule has 0 aliphatic rings.